The van der Waals surface area contributed by atoms with Gasteiger partial charge < -0.3 is 9.64 Å². The first-order chi connectivity index (χ1) is 10.9. The Morgan fingerprint density at radius 2 is 2.09 bits per heavy atom. The van der Waals surface area contributed by atoms with Crippen LogP contribution in [-0.4, -0.2) is 34.5 Å². The number of carbonyl (C=O) groups excluding carboxylic acids is 1. The quantitative estimate of drug-likeness (QED) is 0.877. The highest BCUT2D eigenvalue weighted by atomic mass is 35.5. The molecule has 1 N–H and O–H groups in total. The summed E-state index contributed by atoms with van der Waals surface area (Å²) in [6.45, 7) is 0.107. The molecule has 0 atom stereocenters. The number of rotatable bonds is 5. The minimum atomic E-state index is -0.625. The number of nitrogens with zero attached hydrogens (tertiary/aromatic N) is 2. The van der Waals surface area contributed by atoms with Crippen molar-refractivity contribution < 1.29 is 9.53 Å². The van der Waals surface area contributed by atoms with Crippen molar-refractivity contribution in [2.75, 3.05) is 14.2 Å². The molecule has 0 saturated carbocycles. The first-order valence-corrected chi connectivity index (χ1v) is 7.14. The molecule has 0 radical (unpaired) electrons. The molecule has 0 aliphatic rings. The van der Waals surface area contributed by atoms with Gasteiger partial charge in [0.15, 0.2) is 0 Å². The van der Waals surface area contributed by atoms with Gasteiger partial charge in [0.05, 0.1) is 7.11 Å². The van der Waals surface area contributed by atoms with Crippen LogP contribution in [0.5, 0.6) is 5.75 Å². The predicted molar refractivity (Wildman–Crippen MR) is 85.8 cm³/mol. The van der Waals surface area contributed by atoms with Crippen LogP contribution in [0, 0.1) is 0 Å². The van der Waals surface area contributed by atoms with Gasteiger partial charge in [0.25, 0.3) is 5.56 Å². The van der Waals surface area contributed by atoms with E-state index in [1.807, 2.05) is 0 Å². The Hall–Kier alpha value is -2.54. The van der Waals surface area contributed by atoms with E-state index >= 15 is 0 Å². The Balaban J connectivity index is 2.13. The summed E-state index contributed by atoms with van der Waals surface area (Å²) in [6.07, 6.45) is 1.28. The fourth-order valence-corrected chi connectivity index (χ4v) is 2.24. The lowest BCUT2D eigenvalue weighted by molar-refractivity contribution is -0.131. The molecular weight excluding hydrogens is 322 g/mol. The van der Waals surface area contributed by atoms with Crippen molar-refractivity contribution in [1.82, 2.24) is 14.5 Å². The van der Waals surface area contributed by atoms with E-state index in [9.17, 15) is 14.4 Å². The van der Waals surface area contributed by atoms with Gasteiger partial charge in [-0.05, 0) is 18.2 Å². The third-order valence-electron chi connectivity index (χ3n) is 3.28. The highest BCUT2D eigenvalue weighted by Gasteiger charge is 2.14. The largest absolute Gasteiger partial charge is 0.496 e. The van der Waals surface area contributed by atoms with Crippen molar-refractivity contribution in [1.29, 1.82) is 0 Å². The topological polar surface area (TPSA) is 84.4 Å². The van der Waals surface area contributed by atoms with Crippen LogP contribution in [0.3, 0.4) is 0 Å². The van der Waals surface area contributed by atoms with Crippen LogP contribution in [-0.2, 0) is 17.9 Å². The Labute approximate surface area is 137 Å². The average Bonchev–Trinajstić information content (AvgIpc) is 2.50. The molecule has 0 bridgehead atoms. The SMILES string of the molecule is COc1ccc(Cl)cc1CN(C)C(=O)Cn1ccc(=O)[nH]c1=O. The maximum atomic E-state index is 12.2. The number of benzene rings is 1. The number of methoxy groups -OCH3 is 1. The summed E-state index contributed by atoms with van der Waals surface area (Å²) < 4.78 is 6.37. The summed E-state index contributed by atoms with van der Waals surface area (Å²) >= 11 is 5.96. The molecule has 0 saturated heterocycles. The van der Waals surface area contributed by atoms with E-state index in [1.54, 1.807) is 25.2 Å². The number of carbonyl (C=O) groups is 1. The molecule has 0 fully saturated rings. The lowest BCUT2D eigenvalue weighted by Gasteiger charge is -2.19. The summed E-state index contributed by atoms with van der Waals surface area (Å²) in [5.41, 5.74) is -0.375. The summed E-state index contributed by atoms with van der Waals surface area (Å²) in [7, 11) is 3.15. The lowest BCUT2D eigenvalue weighted by atomic mass is 10.2. The molecule has 23 heavy (non-hydrogen) atoms. The molecule has 1 heterocycles. The number of aromatic nitrogens is 2. The molecule has 0 spiro atoms. The fourth-order valence-electron chi connectivity index (χ4n) is 2.05. The Morgan fingerprint density at radius 1 is 1.35 bits per heavy atom. The van der Waals surface area contributed by atoms with Crippen LogP contribution in [0.1, 0.15) is 5.56 Å². The Bertz CT molecular complexity index is 828. The molecule has 0 aliphatic heterocycles. The standard InChI is InChI=1S/C15H16ClN3O4/c1-18(8-10-7-11(16)3-4-12(10)23-2)14(21)9-19-6-5-13(20)17-15(19)22/h3-7H,8-9H2,1-2H3,(H,17,20,22). The Morgan fingerprint density at radius 3 is 2.74 bits per heavy atom. The number of ether oxygens (including phenoxy) is 1. The van der Waals surface area contributed by atoms with Crippen molar-refractivity contribution >= 4 is 17.5 Å². The van der Waals surface area contributed by atoms with Crippen molar-refractivity contribution in [2.45, 2.75) is 13.1 Å². The van der Waals surface area contributed by atoms with Crippen molar-refractivity contribution in [3.8, 4) is 5.75 Å². The number of H-pyrrole nitrogens is 1. The number of hydrogen-bond acceptors (Lipinski definition) is 4. The van der Waals surface area contributed by atoms with Gasteiger partial charge in [-0.3, -0.25) is 19.1 Å². The van der Waals surface area contributed by atoms with Crippen LogP contribution in [0.15, 0.2) is 40.1 Å². The second-order valence-electron chi connectivity index (χ2n) is 4.94. The number of halogens is 1. The number of nitrogens with one attached hydrogen (secondary N) is 1. The zero-order valence-corrected chi connectivity index (χ0v) is 13.5. The molecule has 2 rings (SSSR count). The minimum absolute atomic E-state index is 0.172. The zero-order valence-electron chi connectivity index (χ0n) is 12.7. The molecular formula is C15H16ClN3O4. The third kappa shape index (κ3) is 4.23. The number of aromatic amines is 1. The van der Waals surface area contributed by atoms with Crippen molar-refractivity contribution in [2.24, 2.45) is 0 Å². The minimum Gasteiger partial charge on any atom is -0.496 e. The molecule has 1 aromatic heterocycles. The van der Waals surface area contributed by atoms with E-state index in [0.717, 1.165) is 10.1 Å². The summed E-state index contributed by atoms with van der Waals surface area (Å²) in [5.74, 6) is 0.330. The number of likely N-dealkylation sites (N-methyl/N-ethyl adjacent to an activating group) is 1. The smallest absolute Gasteiger partial charge is 0.328 e. The van der Waals surface area contributed by atoms with Crippen LogP contribution in [0.2, 0.25) is 5.02 Å². The third-order valence-corrected chi connectivity index (χ3v) is 3.51. The maximum Gasteiger partial charge on any atom is 0.328 e. The Kier molecular flexibility index (Phi) is 5.23. The zero-order chi connectivity index (χ0) is 17.0. The molecule has 8 heteroatoms. The maximum absolute atomic E-state index is 12.2. The van der Waals surface area contributed by atoms with Crippen LogP contribution in [0.4, 0.5) is 0 Å². The molecule has 0 aliphatic carbocycles. The molecule has 1 aromatic carbocycles. The van der Waals surface area contributed by atoms with E-state index in [1.165, 1.54) is 24.3 Å². The summed E-state index contributed by atoms with van der Waals surface area (Å²) in [6, 6.07) is 6.33. The molecule has 7 nitrogen and oxygen atoms in total. The van der Waals surface area contributed by atoms with Gasteiger partial charge in [-0.15, -0.1) is 0 Å². The van der Waals surface area contributed by atoms with Gasteiger partial charge in [-0.1, -0.05) is 11.6 Å². The summed E-state index contributed by atoms with van der Waals surface area (Å²) in [5, 5.41) is 0.540. The highest BCUT2D eigenvalue weighted by Crippen LogP contribution is 2.23. The van der Waals surface area contributed by atoms with Crippen LogP contribution >= 0.6 is 11.6 Å². The summed E-state index contributed by atoms with van der Waals surface area (Å²) in [4.78, 5) is 38.4. The van der Waals surface area contributed by atoms with Gasteiger partial charge in [0.1, 0.15) is 12.3 Å². The predicted octanol–water partition coefficient (Wildman–Crippen LogP) is 0.857. The first-order valence-electron chi connectivity index (χ1n) is 6.77. The second kappa shape index (κ2) is 7.15. The number of amides is 1. The van der Waals surface area contributed by atoms with Crippen molar-refractivity contribution in [3.63, 3.8) is 0 Å². The van der Waals surface area contributed by atoms with E-state index in [4.69, 9.17) is 16.3 Å². The average molecular weight is 338 g/mol. The van der Waals surface area contributed by atoms with Crippen LogP contribution < -0.4 is 16.0 Å². The second-order valence-corrected chi connectivity index (χ2v) is 5.38. The fraction of sp³-hybridized carbons (Fsp3) is 0.267. The van der Waals surface area contributed by atoms with Crippen molar-refractivity contribution in [3.05, 3.63) is 61.9 Å². The lowest BCUT2D eigenvalue weighted by Crippen LogP contribution is -2.36. The van der Waals surface area contributed by atoms with Gasteiger partial charge in [0.2, 0.25) is 5.91 Å². The highest BCUT2D eigenvalue weighted by molar-refractivity contribution is 6.30. The molecule has 122 valence electrons. The van der Waals surface area contributed by atoms with E-state index in [2.05, 4.69) is 4.98 Å². The van der Waals surface area contributed by atoms with Gasteiger partial charge in [-0.2, -0.15) is 0 Å². The van der Waals surface area contributed by atoms with E-state index < -0.39 is 11.2 Å². The molecule has 1 amide bonds. The van der Waals surface area contributed by atoms with Gasteiger partial charge >= 0.3 is 5.69 Å². The van der Waals surface area contributed by atoms with Crippen LogP contribution in [0.25, 0.3) is 0 Å². The molecule has 2 aromatic rings. The number of hydrogen-bond donors (Lipinski definition) is 1. The molecule has 0 unspecified atom stereocenters. The van der Waals surface area contributed by atoms with Gasteiger partial charge in [-0.25, -0.2) is 4.79 Å². The normalized spacial score (nSPS) is 10.4. The first kappa shape index (κ1) is 16.8. The monoisotopic (exact) mass is 337 g/mol. The van der Waals surface area contributed by atoms with Gasteiger partial charge in [0, 0.05) is 36.4 Å². The van der Waals surface area contributed by atoms with E-state index in [0.29, 0.717) is 10.8 Å². The van der Waals surface area contributed by atoms with E-state index in [-0.39, 0.29) is 19.0 Å².